The average Bonchev–Trinajstić information content (AvgIpc) is 3.02. The molecule has 0 saturated carbocycles. The number of nitrogens with one attached hydrogen (secondary N) is 1. The number of rotatable bonds is 7. The Kier molecular flexibility index (Phi) is 6.67. The monoisotopic (exact) mass is 349 g/mol. The van der Waals surface area contributed by atoms with Crippen LogP contribution in [0, 0.1) is 6.92 Å². The minimum Gasteiger partial charge on any atom is -0.452 e. The Bertz CT molecular complexity index is 638. The van der Waals surface area contributed by atoms with Crippen molar-refractivity contribution in [3.8, 4) is 0 Å². The van der Waals surface area contributed by atoms with Crippen molar-refractivity contribution < 1.29 is 14.3 Å². The van der Waals surface area contributed by atoms with E-state index in [9.17, 15) is 9.59 Å². The highest BCUT2D eigenvalue weighted by atomic mass is 32.2. The van der Waals surface area contributed by atoms with Crippen LogP contribution in [0.25, 0.3) is 0 Å². The molecule has 122 valence electrons. The van der Waals surface area contributed by atoms with Crippen molar-refractivity contribution in [3.05, 3.63) is 52.2 Å². The maximum atomic E-state index is 12.0. The van der Waals surface area contributed by atoms with E-state index in [1.165, 1.54) is 16.6 Å². The van der Waals surface area contributed by atoms with Gasteiger partial charge in [-0.3, -0.25) is 9.59 Å². The molecule has 0 unspecified atom stereocenters. The third-order valence-electron chi connectivity index (χ3n) is 3.04. The Hall–Kier alpha value is -1.79. The van der Waals surface area contributed by atoms with Gasteiger partial charge in [0.1, 0.15) is 0 Å². The molecule has 2 aromatic rings. The summed E-state index contributed by atoms with van der Waals surface area (Å²) in [4.78, 5) is 25.0. The van der Waals surface area contributed by atoms with E-state index >= 15 is 0 Å². The van der Waals surface area contributed by atoms with E-state index in [0.29, 0.717) is 5.69 Å². The lowest BCUT2D eigenvalue weighted by molar-refractivity contribution is -0.150. The lowest BCUT2D eigenvalue weighted by atomic mass is 10.2. The van der Waals surface area contributed by atoms with E-state index in [2.05, 4.69) is 5.32 Å². The number of hydrogen-bond donors (Lipinski definition) is 1. The number of esters is 1. The molecule has 1 N–H and O–H groups in total. The summed E-state index contributed by atoms with van der Waals surface area (Å²) in [7, 11) is 0. The van der Waals surface area contributed by atoms with Gasteiger partial charge < -0.3 is 10.1 Å². The van der Waals surface area contributed by atoms with E-state index in [4.69, 9.17) is 4.74 Å². The summed E-state index contributed by atoms with van der Waals surface area (Å²) >= 11 is 3.14. The molecule has 23 heavy (non-hydrogen) atoms. The van der Waals surface area contributed by atoms with Crippen molar-refractivity contribution in [2.75, 3.05) is 11.1 Å². The highest BCUT2D eigenvalue weighted by Gasteiger charge is 2.17. The van der Waals surface area contributed by atoms with Crippen LogP contribution >= 0.6 is 23.1 Å². The molecule has 2 rings (SSSR count). The van der Waals surface area contributed by atoms with Crippen LogP contribution in [-0.4, -0.2) is 23.7 Å². The van der Waals surface area contributed by atoms with Gasteiger partial charge >= 0.3 is 5.97 Å². The number of benzene rings is 1. The molecule has 1 heterocycles. The van der Waals surface area contributed by atoms with E-state index in [1.807, 2.05) is 48.7 Å². The second-order valence-electron chi connectivity index (χ2n) is 5.06. The highest BCUT2D eigenvalue weighted by Crippen LogP contribution is 2.17. The summed E-state index contributed by atoms with van der Waals surface area (Å²) < 4.78 is 5.16. The fourth-order valence-corrected chi connectivity index (χ4v) is 3.44. The number of carbonyl (C=O) groups is 2. The molecular weight excluding hydrogens is 330 g/mol. The van der Waals surface area contributed by atoms with Crippen LogP contribution in [0.3, 0.4) is 0 Å². The SMILES string of the molecule is Cc1ccc(NC(=O)[C@@H](C)OC(=O)CSCc2cccs2)cc1. The normalized spacial score (nSPS) is 11.7. The Morgan fingerprint density at radius 3 is 2.65 bits per heavy atom. The second-order valence-corrected chi connectivity index (χ2v) is 7.08. The maximum absolute atomic E-state index is 12.0. The molecule has 0 aliphatic rings. The fourth-order valence-electron chi connectivity index (χ4n) is 1.80. The van der Waals surface area contributed by atoms with Crippen molar-refractivity contribution >= 4 is 40.7 Å². The van der Waals surface area contributed by atoms with Crippen molar-refractivity contribution in [1.82, 2.24) is 0 Å². The zero-order valence-electron chi connectivity index (χ0n) is 13.1. The molecule has 0 aliphatic heterocycles. The number of thiophene rings is 1. The first-order valence-corrected chi connectivity index (χ1v) is 9.25. The molecule has 1 aromatic carbocycles. The number of aryl methyl sites for hydroxylation is 1. The minimum absolute atomic E-state index is 0.236. The molecule has 0 spiro atoms. The van der Waals surface area contributed by atoms with Crippen LogP contribution < -0.4 is 5.32 Å². The summed E-state index contributed by atoms with van der Waals surface area (Å²) in [5.41, 5.74) is 1.81. The van der Waals surface area contributed by atoms with Crippen LogP contribution in [-0.2, 0) is 20.1 Å². The van der Waals surface area contributed by atoms with E-state index in [0.717, 1.165) is 11.3 Å². The number of anilines is 1. The second kappa shape index (κ2) is 8.74. The molecule has 1 amide bonds. The fraction of sp³-hybridized carbons (Fsp3) is 0.294. The topological polar surface area (TPSA) is 55.4 Å². The number of ether oxygens (including phenoxy) is 1. The molecular formula is C17H19NO3S2. The summed E-state index contributed by atoms with van der Waals surface area (Å²) in [5.74, 6) is 0.306. The van der Waals surface area contributed by atoms with Gasteiger partial charge in [0.25, 0.3) is 5.91 Å². The van der Waals surface area contributed by atoms with Gasteiger partial charge in [0.05, 0.1) is 5.75 Å². The standard InChI is InChI=1S/C17H19NO3S2/c1-12-5-7-14(8-6-12)18-17(20)13(2)21-16(19)11-22-10-15-4-3-9-23-15/h3-9,13H,10-11H2,1-2H3,(H,18,20)/t13-/m1/s1. The van der Waals surface area contributed by atoms with Crippen molar-refractivity contribution in [2.45, 2.75) is 25.7 Å². The quantitative estimate of drug-likeness (QED) is 0.771. The first-order chi connectivity index (χ1) is 11.0. The zero-order valence-corrected chi connectivity index (χ0v) is 14.7. The van der Waals surface area contributed by atoms with Crippen molar-refractivity contribution in [3.63, 3.8) is 0 Å². The van der Waals surface area contributed by atoms with Crippen LogP contribution in [0.1, 0.15) is 17.4 Å². The molecule has 6 heteroatoms. The summed E-state index contributed by atoms with van der Waals surface area (Å²) in [6.07, 6.45) is -0.814. The van der Waals surface area contributed by atoms with Gasteiger partial charge in [-0.25, -0.2) is 0 Å². The Morgan fingerprint density at radius 2 is 2.00 bits per heavy atom. The van der Waals surface area contributed by atoms with Gasteiger partial charge in [0.2, 0.25) is 0 Å². The highest BCUT2D eigenvalue weighted by molar-refractivity contribution is 7.99. The van der Waals surface area contributed by atoms with Gasteiger partial charge in [-0.15, -0.1) is 23.1 Å². The average molecular weight is 349 g/mol. The third kappa shape index (κ3) is 6.08. The molecule has 0 bridgehead atoms. The molecule has 0 saturated heterocycles. The first-order valence-electron chi connectivity index (χ1n) is 7.22. The maximum Gasteiger partial charge on any atom is 0.316 e. The Morgan fingerprint density at radius 1 is 1.26 bits per heavy atom. The Labute approximate surface area is 144 Å². The number of hydrogen-bond acceptors (Lipinski definition) is 5. The number of amides is 1. The smallest absolute Gasteiger partial charge is 0.316 e. The van der Waals surface area contributed by atoms with Crippen LogP contribution in [0.2, 0.25) is 0 Å². The van der Waals surface area contributed by atoms with Gasteiger partial charge in [-0.1, -0.05) is 23.8 Å². The number of carbonyl (C=O) groups excluding carboxylic acids is 2. The summed E-state index contributed by atoms with van der Waals surface area (Å²) in [5, 5.41) is 4.74. The predicted molar refractivity (Wildman–Crippen MR) is 95.8 cm³/mol. The van der Waals surface area contributed by atoms with E-state index < -0.39 is 6.10 Å². The van der Waals surface area contributed by atoms with Crippen molar-refractivity contribution in [2.24, 2.45) is 0 Å². The van der Waals surface area contributed by atoms with Crippen LogP contribution in [0.5, 0.6) is 0 Å². The lowest BCUT2D eigenvalue weighted by Gasteiger charge is -2.13. The van der Waals surface area contributed by atoms with Gasteiger partial charge in [0, 0.05) is 16.3 Å². The molecule has 0 aliphatic carbocycles. The Balaban J connectivity index is 1.71. The van der Waals surface area contributed by atoms with Crippen LogP contribution in [0.15, 0.2) is 41.8 Å². The van der Waals surface area contributed by atoms with Crippen LogP contribution in [0.4, 0.5) is 5.69 Å². The van der Waals surface area contributed by atoms with Gasteiger partial charge in [0.15, 0.2) is 6.10 Å². The predicted octanol–water partition coefficient (Wildman–Crippen LogP) is 3.86. The molecule has 1 atom stereocenters. The third-order valence-corrected chi connectivity index (χ3v) is 5.05. The lowest BCUT2D eigenvalue weighted by Crippen LogP contribution is -2.30. The molecule has 4 nitrogen and oxygen atoms in total. The molecule has 0 fully saturated rings. The number of thioether (sulfide) groups is 1. The molecule has 0 radical (unpaired) electrons. The van der Waals surface area contributed by atoms with Gasteiger partial charge in [-0.05, 0) is 37.4 Å². The van der Waals surface area contributed by atoms with Crippen molar-refractivity contribution in [1.29, 1.82) is 0 Å². The largest absolute Gasteiger partial charge is 0.452 e. The summed E-state index contributed by atoms with van der Waals surface area (Å²) in [6.45, 7) is 3.55. The van der Waals surface area contributed by atoms with Gasteiger partial charge in [-0.2, -0.15) is 0 Å². The summed E-state index contributed by atoms with van der Waals surface area (Å²) in [6, 6.07) is 11.5. The first kappa shape index (κ1) is 17.6. The van der Waals surface area contributed by atoms with E-state index in [1.54, 1.807) is 18.3 Å². The minimum atomic E-state index is -0.814. The molecule has 1 aromatic heterocycles. The zero-order chi connectivity index (χ0) is 16.7. The van der Waals surface area contributed by atoms with E-state index in [-0.39, 0.29) is 17.6 Å².